The first-order valence-corrected chi connectivity index (χ1v) is 8.98. The Bertz CT molecular complexity index is 937. The van der Waals surface area contributed by atoms with E-state index in [1.807, 2.05) is 6.07 Å². The molecule has 2 saturated heterocycles. The number of azide groups is 1. The standard InChI is InChI=1S/C19H18N4O7/c20-22-21-9-5-4-8-13(18(25)26)16-17(23-14(24)10-15(23)29-16)30-19(27)28-11-12-6-2-1-3-7-12/h1-7,15,17H,8-11H2,(H,25,26)/t15-,17?/m1/s1. The van der Waals surface area contributed by atoms with Gasteiger partial charge < -0.3 is 19.3 Å². The van der Waals surface area contributed by atoms with Crippen LogP contribution < -0.4 is 0 Å². The summed E-state index contributed by atoms with van der Waals surface area (Å²) in [7, 11) is 0. The van der Waals surface area contributed by atoms with E-state index in [4.69, 9.17) is 19.7 Å². The number of carboxylic acid groups (broad SMARTS) is 1. The molecule has 1 aromatic carbocycles. The second-order valence-corrected chi connectivity index (χ2v) is 6.31. The van der Waals surface area contributed by atoms with Crippen LogP contribution in [-0.2, 0) is 30.4 Å². The molecule has 2 heterocycles. The van der Waals surface area contributed by atoms with E-state index in [-0.39, 0.29) is 43.2 Å². The monoisotopic (exact) mass is 414 g/mol. The molecule has 0 spiro atoms. The van der Waals surface area contributed by atoms with Gasteiger partial charge in [-0.3, -0.25) is 9.69 Å². The van der Waals surface area contributed by atoms with E-state index in [9.17, 15) is 19.5 Å². The number of β-lactam (4-membered cyclic amide) rings is 1. The zero-order valence-electron chi connectivity index (χ0n) is 15.7. The van der Waals surface area contributed by atoms with Crippen LogP contribution in [0.3, 0.4) is 0 Å². The minimum atomic E-state index is -1.32. The number of fused-ring (bicyclic) bond motifs is 1. The number of hydrogen-bond donors (Lipinski definition) is 1. The van der Waals surface area contributed by atoms with E-state index < -0.39 is 24.6 Å². The van der Waals surface area contributed by atoms with Gasteiger partial charge in [0.1, 0.15) is 6.61 Å². The summed E-state index contributed by atoms with van der Waals surface area (Å²) in [5, 5.41) is 12.9. The summed E-state index contributed by atoms with van der Waals surface area (Å²) in [5.74, 6) is -1.76. The van der Waals surface area contributed by atoms with Crippen molar-refractivity contribution in [1.82, 2.24) is 4.90 Å². The quantitative estimate of drug-likeness (QED) is 0.131. The van der Waals surface area contributed by atoms with Crippen molar-refractivity contribution in [3.05, 3.63) is 69.8 Å². The molecule has 0 aromatic heterocycles. The van der Waals surface area contributed by atoms with Crippen molar-refractivity contribution in [3.63, 3.8) is 0 Å². The lowest BCUT2D eigenvalue weighted by Gasteiger charge is -2.33. The van der Waals surface area contributed by atoms with Gasteiger partial charge in [-0.25, -0.2) is 9.59 Å². The Morgan fingerprint density at radius 2 is 2.10 bits per heavy atom. The summed E-state index contributed by atoms with van der Waals surface area (Å²) in [6.45, 7) is 0.0101. The van der Waals surface area contributed by atoms with E-state index in [0.29, 0.717) is 0 Å². The highest BCUT2D eigenvalue weighted by molar-refractivity contribution is 5.89. The average Bonchev–Trinajstić information content (AvgIpc) is 3.00. The van der Waals surface area contributed by atoms with Crippen LogP contribution in [0.1, 0.15) is 18.4 Å². The van der Waals surface area contributed by atoms with Gasteiger partial charge in [-0.15, -0.1) is 0 Å². The first kappa shape index (κ1) is 20.7. The van der Waals surface area contributed by atoms with Crippen LogP contribution in [0.4, 0.5) is 4.79 Å². The lowest BCUT2D eigenvalue weighted by atomic mass is 10.1. The Morgan fingerprint density at radius 3 is 2.77 bits per heavy atom. The maximum Gasteiger partial charge on any atom is 0.510 e. The molecule has 1 aromatic rings. The molecule has 11 heteroatoms. The van der Waals surface area contributed by atoms with Gasteiger partial charge in [0.15, 0.2) is 12.0 Å². The maximum atomic E-state index is 12.2. The minimum Gasteiger partial charge on any atom is -0.478 e. The SMILES string of the molecule is [N-]=[N+]=NCC=CCC(C(=O)O)=C1O[C@@H]2CC(=O)N2C1OC(=O)OCc1ccccc1. The Balaban J connectivity index is 1.74. The third-order valence-electron chi connectivity index (χ3n) is 4.39. The van der Waals surface area contributed by atoms with Gasteiger partial charge in [-0.2, -0.15) is 0 Å². The number of benzene rings is 1. The highest BCUT2D eigenvalue weighted by Crippen LogP contribution is 2.39. The number of carbonyl (C=O) groups excluding carboxylic acids is 2. The zero-order chi connectivity index (χ0) is 21.5. The van der Waals surface area contributed by atoms with Gasteiger partial charge in [0.25, 0.3) is 0 Å². The summed E-state index contributed by atoms with van der Waals surface area (Å²) < 4.78 is 15.9. The van der Waals surface area contributed by atoms with E-state index >= 15 is 0 Å². The van der Waals surface area contributed by atoms with Gasteiger partial charge in [-0.1, -0.05) is 47.6 Å². The summed E-state index contributed by atoms with van der Waals surface area (Å²) in [5.41, 5.74) is 8.82. The molecule has 0 aliphatic carbocycles. The number of hydrogen-bond acceptors (Lipinski definition) is 7. The van der Waals surface area contributed by atoms with Crippen LogP contribution in [0.5, 0.6) is 0 Å². The number of carbonyl (C=O) groups is 3. The molecule has 0 radical (unpaired) electrons. The van der Waals surface area contributed by atoms with E-state index in [2.05, 4.69) is 10.0 Å². The van der Waals surface area contributed by atoms with E-state index in [1.165, 1.54) is 12.2 Å². The first-order chi connectivity index (χ1) is 14.5. The van der Waals surface area contributed by atoms with E-state index in [1.54, 1.807) is 24.3 Å². The van der Waals surface area contributed by atoms with Gasteiger partial charge in [0.05, 0.1) is 12.0 Å². The highest BCUT2D eigenvalue weighted by atomic mass is 16.7. The number of aliphatic carboxylic acids is 1. The number of ether oxygens (including phenoxy) is 3. The molecule has 2 aliphatic heterocycles. The first-order valence-electron chi connectivity index (χ1n) is 8.98. The van der Waals surface area contributed by atoms with Crippen molar-refractivity contribution in [3.8, 4) is 0 Å². The van der Waals surface area contributed by atoms with Crippen molar-refractivity contribution in [2.24, 2.45) is 5.11 Å². The third kappa shape index (κ3) is 4.70. The van der Waals surface area contributed by atoms with Crippen molar-refractivity contribution in [2.45, 2.75) is 31.9 Å². The van der Waals surface area contributed by atoms with Crippen LogP contribution in [0.15, 0.2) is 58.9 Å². The lowest BCUT2D eigenvalue weighted by molar-refractivity contribution is -0.165. The predicted octanol–water partition coefficient (Wildman–Crippen LogP) is 2.85. The summed E-state index contributed by atoms with van der Waals surface area (Å²) in [6.07, 6.45) is -0.133. The Hall–Kier alpha value is -3.98. The number of carboxylic acids is 1. The molecule has 3 rings (SSSR count). The molecule has 2 atom stereocenters. The Kier molecular flexibility index (Phi) is 6.56. The third-order valence-corrected chi connectivity index (χ3v) is 4.39. The average molecular weight is 414 g/mol. The van der Waals surface area contributed by atoms with Crippen LogP contribution >= 0.6 is 0 Å². The number of rotatable bonds is 8. The summed E-state index contributed by atoms with van der Waals surface area (Å²) in [6, 6.07) is 8.91. The fourth-order valence-corrected chi connectivity index (χ4v) is 2.94. The Morgan fingerprint density at radius 1 is 1.33 bits per heavy atom. The molecule has 11 nitrogen and oxygen atoms in total. The fourth-order valence-electron chi connectivity index (χ4n) is 2.94. The number of allylic oxidation sites excluding steroid dienone is 1. The summed E-state index contributed by atoms with van der Waals surface area (Å²) in [4.78, 5) is 39.6. The zero-order valence-corrected chi connectivity index (χ0v) is 15.7. The second-order valence-electron chi connectivity index (χ2n) is 6.31. The molecule has 1 unspecified atom stereocenters. The molecule has 0 bridgehead atoms. The second kappa shape index (κ2) is 9.48. The van der Waals surface area contributed by atoms with Crippen molar-refractivity contribution in [2.75, 3.05) is 6.54 Å². The highest BCUT2D eigenvalue weighted by Gasteiger charge is 2.54. The van der Waals surface area contributed by atoms with Gasteiger partial charge in [0, 0.05) is 17.9 Å². The van der Waals surface area contributed by atoms with Crippen LogP contribution in [-0.4, -0.2) is 47.0 Å². The van der Waals surface area contributed by atoms with E-state index in [0.717, 1.165) is 10.5 Å². The molecular formula is C19H18N4O7. The topological polar surface area (TPSA) is 151 Å². The summed E-state index contributed by atoms with van der Waals surface area (Å²) >= 11 is 0. The maximum absolute atomic E-state index is 12.2. The molecule has 2 aliphatic rings. The lowest BCUT2D eigenvalue weighted by Crippen LogP contribution is -2.53. The van der Waals surface area contributed by atoms with Crippen molar-refractivity contribution >= 4 is 18.0 Å². The van der Waals surface area contributed by atoms with Crippen molar-refractivity contribution in [1.29, 1.82) is 0 Å². The van der Waals surface area contributed by atoms with Gasteiger partial charge in [-0.05, 0) is 11.1 Å². The van der Waals surface area contributed by atoms with Gasteiger partial charge in [0.2, 0.25) is 12.1 Å². The molecular weight excluding hydrogens is 396 g/mol. The molecule has 2 fully saturated rings. The largest absolute Gasteiger partial charge is 0.510 e. The molecule has 0 saturated carbocycles. The molecule has 1 N–H and O–H groups in total. The fraction of sp³-hybridized carbons (Fsp3) is 0.316. The smallest absolute Gasteiger partial charge is 0.478 e. The van der Waals surface area contributed by atoms with Crippen LogP contribution in [0, 0.1) is 0 Å². The minimum absolute atomic E-state index is 0.0440. The number of nitrogens with zero attached hydrogens (tertiary/aromatic N) is 4. The van der Waals surface area contributed by atoms with Gasteiger partial charge >= 0.3 is 12.1 Å². The van der Waals surface area contributed by atoms with Crippen LogP contribution in [0.25, 0.3) is 10.4 Å². The number of amides is 1. The molecule has 1 amide bonds. The normalized spacial score (nSPS) is 21.2. The van der Waals surface area contributed by atoms with Crippen LogP contribution in [0.2, 0.25) is 0 Å². The Labute approximate surface area is 170 Å². The predicted molar refractivity (Wildman–Crippen MR) is 100 cm³/mol. The molecule has 30 heavy (non-hydrogen) atoms. The molecule has 156 valence electrons. The van der Waals surface area contributed by atoms with Crippen molar-refractivity contribution < 1.29 is 33.7 Å².